The summed E-state index contributed by atoms with van der Waals surface area (Å²) < 4.78 is 4.84. The highest BCUT2D eigenvalue weighted by molar-refractivity contribution is 5.64. The topological polar surface area (TPSA) is 55.6 Å². The molecule has 1 atom stereocenters. The van der Waals surface area contributed by atoms with Crippen molar-refractivity contribution in [3.8, 4) is 0 Å². The van der Waals surface area contributed by atoms with Crippen molar-refractivity contribution < 1.29 is 9.53 Å². The zero-order valence-electron chi connectivity index (χ0n) is 6.75. The van der Waals surface area contributed by atoms with Gasteiger partial charge in [-0.1, -0.05) is 6.92 Å². The molecule has 4 nitrogen and oxygen atoms in total. The fraction of sp³-hybridized carbons (Fsp3) is 0.857. The summed E-state index contributed by atoms with van der Waals surface area (Å²) in [5.41, 5.74) is 4.88. The number of carbonyl (C=O) groups is 1. The van der Waals surface area contributed by atoms with Crippen molar-refractivity contribution in [2.45, 2.75) is 19.4 Å². The van der Waals surface area contributed by atoms with E-state index >= 15 is 0 Å². The summed E-state index contributed by atoms with van der Waals surface area (Å²) in [5, 5.41) is 0. The van der Waals surface area contributed by atoms with Gasteiger partial charge in [0.2, 0.25) is 0 Å². The van der Waals surface area contributed by atoms with Crippen LogP contribution in [0.1, 0.15) is 13.3 Å². The normalized spacial score (nSPS) is 25.4. The fourth-order valence-electron chi connectivity index (χ4n) is 1.34. The van der Waals surface area contributed by atoms with Crippen LogP contribution in [0.5, 0.6) is 0 Å². The Morgan fingerprint density at radius 1 is 1.82 bits per heavy atom. The summed E-state index contributed by atoms with van der Waals surface area (Å²) in [7, 11) is 0. The summed E-state index contributed by atoms with van der Waals surface area (Å²) in [4.78, 5) is 12.6. The van der Waals surface area contributed by atoms with Crippen molar-refractivity contribution in [1.29, 1.82) is 0 Å². The molecule has 1 fully saturated rings. The van der Waals surface area contributed by atoms with E-state index in [1.165, 1.54) is 0 Å². The van der Waals surface area contributed by atoms with Crippen LogP contribution in [-0.2, 0) is 4.74 Å². The smallest absolute Gasteiger partial charge is 0.404 e. The van der Waals surface area contributed by atoms with E-state index in [1.807, 2.05) is 0 Å². The number of primary amides is 1. The summed E-state index contributed by atoms with van der Waals surface area (Å²) in [6.45, 7) is 4.94. The number of amides is 1. The Kier molecular flexibility index (Phi) is 2.70. The van der Waals surface area contributed by atoms with E-state index in [1.54, 1.807) is 0 Å². The number of likely N-dealkylation sites (N-methyl/N-ethyl adjacent to an activating group) is 1. The van der Waals surface area contributed by atoms with Crippen molar-refractivity contribution in [2.75, 3.05) is 19.6 Å². The SMILES string of the molecule is CCN1CCC(OC(N)=O)C1. The van der Waals surface area contributed by atoms with Gasteiger partial charge >= 0.3 is 6.09 Å². The van der Waals surface area contributed by atoms with Gasteiger partial charge in [0.25, 0.3) is 0 Å². The lowest BCUT2D eigenvalue weighted by atomic mass is 10.3. The molecule has 1 aliphatic heterocycles. The first-order chi connectivity index (χ1) is 5.22. The lowest BCUT2D eigenvalue weighted by Gasteiger charge is -2.12. The van der Waals surface area contributed by atoms with Crippen molar-refractivity contribution in [3.63, 3.8) is 0 Å². The van der Waals surface area contributed by atoms with Crippen molar-refractivity contribution >= 4 is 6.09 Å². The van der Waals surface area contributed by atoms with Gasteiger partial charge in [-0.2, -0.15) is 0 Å². The van der Waals surface area contributed by atoms with Crippen molar-refractivity contribution in [2.24, 2.45) is 5.73 Å². The second-order valence-corrected chi connectivity index (χ2v) is 2.74. The Hall–Kier alpha value is -0.770. The van der Waals surface area contributed by atoms with Gasteiger partial charge in [0.1, 0.15) is 6.10 Å². The first-order valence-electron chi connectivity index (χ1n) is 3.90. The molecule has 4 heteroatoms. The van der Waals surface area contributed by atoms with Crippen molar-refractivity contribution in [3.05, 3.63) is 0 Å². The van der Waals surface area contributed by atoms with Crippen LogP contribution in [0.2, 0.25) is 0 Å². The number of likely N-dealkylation sites (tertiary alicyclic amines) is 1. The molecule has 0 saturated carbocycles. The first kappa shape index (κ1) is 8.33. The molecule has 0 aromatic rings. The Morgan fingerprint density at radius 3 is 3.00 bits per heavy atom. The average Bonchev–Trinajstić information content (AvgIpc) is 2.34. The Morgan fingerprint density at radius 2 is 2.55 bits per heavy atom. The number of rotatable bonds is 2. The predicted molar refractivity (Wildman–Crippen MR) is 41.2 cm³/mol. The summed E-state index contributed by atoms with van der Waals surface area (Å²) in [5.74, 6) is 0. The van der Waals surface area contributed by atoms with E-state index < -0.39 is 6.09 Å². The molecule has 1 unspecified atom stereocenters. The predicted octanol–water partition coefficient (Wildman–Crippen LogP) is 0.176. The maximum Gasteiger partial charge on any atom is 0.404 e. The van der Waals surface area contributed by atoms with E-state index in [4.69, 9.17) is 10.5 Å². The number of hydrogen-bond acceptors (Lipinski definition) is 3. The van der Waals surface area contributed by atoms with Crippen molar-refractivity contribution in [1.82, 2.24) is 4.90 Å². The third-order valence-electron chi connectivity index (χ3n) is 1.96. The van der Waals surface area contributed by atoms with Gasteiger partial charge < -0.3 is 10.5 Å². The quantitative estimate of drug-likeness (QED) is 0.623. The summed E-state index contributed by atoms with van der Waals surface area (Å²) in [6, 6.07) is 0. The zero-order chi connectivity index (χ0) is 8.27. The van der Waals surface area contributed by atoms with Gasteiger partial charge in [-0.25, -0.2) is 4.79 Å². The number of ether oxygens (including phenoxy) is 1. The van der Waals surface area contributed by atoms with Crippen LogP contribution < -0.4 is 5.73 Å². The second-order valence-electron chi connectivity index (χ2n) is 2.74. The molecule has 0 radical (unpaired) electrons. The lowest BCUT2D eigenvalue weighted by molar-refractivity contribution is 0.110. The molecular formula is C7H14N2O2. The molecule has 1 rings (SSSR count). The standard InChI is InChI=1S/C7H14N2O2/c1-2-9-4-3-6(5-9)11-7(8)10/h6H,2-5H2,1H3,(H2,8,10). The Labute approximate surface area is 66.3 Å². The molecule has 1 aliphatic rings. The van der Waals surface area contributed by atoms with Crippen LogP contribution in [0.25, 0.3) is 0 Å². The molecule has 64 valence electrons. The Balaban J connectivity index is 2.24. The number of nitrogens with zero attached hydrogens (tertiary/aromatic N) is 1. The van der Waals surface area contributed by atoms with Gasteiger partial charge in [-0.05, 0) is 13.0 Å². The Bertz CT molecular complexity index is 149. The highest BCUT2D eigenvalue weighted by atomic mass is 16.6. The molecule has 1 saturated heterocycles. The zero-order valence-corrected chi connectivity index (χ0v) is 6.75. The van der Waals surface area contributed by atoms with Gasteiger partial charge in [0.05, 0.1) is 0 Å². The van der Waals surface area contributed by atoms with E-state index in [9.17, 15) is 4.79 Å². The molecule has 0 bridgehead atoms. The highest BCUT2D eigenvalue weighted by Gasteiger charge is 2.23. The minimum atomic E-state index is -0.659. The van der Waals surface area contributed by atoms with Crippen LogP contribution in [0.4, 0.5) is 4.79 Å². The van der Waals surface area contributed by atoms with Crippen LogP contribution in [0.15, 0.2) is 0 Å². The highest BCUT2D eigenvalue weighted by Crippen LogP contribution is 2.11. The molecule has 2 N–H and O–H groups in total. The number of hydrogen-bond donors (Lipinski definition) is 1. The van der Waals surface area contributed by atoms with Crippen LogP contribution in [0, 0.1) is 0 Å². The van der Waals surface area contributed by atoms with Crippen LogP contribution >= 0.6 is 0 Å². The molecule has 0 aromatic heterocycles. The maximum atomic E-state index is 10.3. The van der Waals surface area contributed by atoms with E-state index in [0.29, 0.717) is 0 Å². The minimum absolute atomic E-state index is 0.0208. The maximum absolute atomic E-state index is 10.3. The van der Waals surface area contributed by atoms with Crippen LogP contribution in [-0.4, -0.2) is 36.7 Å². The third kappa shape index (κ3) is 2.38. The molecule has 0 aliphatic carbocycles. The number of carbonyl (C=O) groups excluding carboxylic acids is 1. The third-order valence-corrected chi connectivity index (χ3v) is 1.96. The monoisotopic (exact) mass is 158 g/mol. The second kappa shape index (κ2) is 3.57. The molecule has 0 spiro atoms. The van der Waals surface area contributed by atoms with Gasteiger partial charge in [-0.3, -0.25) is 4.90 Å². The van der Waals surface area contributed by atoms with Gasteiger partial charge in [-0.15, -0.1) is 0 Å². The average molecular weight is 158 g/mol. The molecule has 0 aromatic carbocycles. The minimum Gasteiger partial charge on any atom is -0.445 e. The fourth-order valence-corrected chi connectivity index (χ4v) is 1.34. The van der Waals surface area contributed by atoms with E-state index in [2.05, 4.69) is 11.8 Å². The lowest BCUT2D eigenvalue weighted by Crippen LogP contribution is -2.26. The molecular weight excluding hydrogens is 144 g/mol. The first-order valence-corrected chi connectivity index (χ1v) is 3.90. The summed E-state index contributed by atoms with van der Waals surface area (Å²) in [6.07, 6.45) is 0.275. The largest absolute Gasteiger partial charge is 0.445 e. The summed E-state index contributed by atoms with van der Waals surface area (Å²) >= 11 is 0. The van der Waals surface area contributed by atoms with E-state index in [-0.39, 0.29) is 6.10 Å². The number of nitrogens with two attached hydrogens (primary N) is 1. The van der Waals surface area contributed by atoms with E-state index in [0.717, 1.165) is 26.1 Å². The molecule has 11 heavy (non-hydrogen) atoms. The van der Waals surface area contributed by atoms with Crippen LogP contribution in [0.3, 0.4) is 0 Å². The van der Waals surface area contributed by atoms with Gasteiger partial charge in [0, 0.05) is 13.1 Å². The molecule has 1 heterocycles. The molecule has 1 amide bonds. The van der Waals surface area contributed by atoms with Gasteiger partial charge in [0.15, 0.2) is 0 Å².